The van der Waals surface area contributed by atoms with Crippen molar-refractivity contribution in [3.63, 3.8) is 0 Å². The molecule has 0 atom stereocenters. The molecule has 0 spiro atoms. The van der Waals surface area contributed by atoms with Gasteiger partial charge in [0.1, 0.15) is 11.9 Å². The van der Waals surface area contributed by atoms with Gasteiger partial charge in [-0.2, -0.15) is 5.26 Å². The minimum Gasteiger partial charge on any atom is -0.397 e. The summed E-state index contributed by atoms with van der Waals surface area (Å²) in [5, 5.41) is 11.8. The van der Waals surface area contributed by atoms with E-state index >= 15 is 0 Å². The van der Waals surface area contributed by atoms with E-state index in [1.165, 1.54) is 24.4 Å². The number of hydrogen-bond acceptors (Lipinski definition) is 4. The van der Waals surface area contributed by atoms with Crippen LogP contribution in [-0.2, 0) is 0 Å². The van der Waals surface area contributed by atoms with Crippen molar-refractivity contribution in [2.75, 3.05) is 11.1 Å². The van der Waals surface area contributed by atoms with Gasteiger partial charge in [-0.1, -0.05) is 0 Å². The Kier molecular flexibility index (Phi) is 2.88. The molecule has 2 aromatic rings. The third-order valence-corrected chi connectivity index (χ3v) is 2.14. The van der Waals surface area contributed by atoms with Crippen LogP contribution in [0.1, 0.15) is 5.56 Å². The minimum absolute atomic E-state index is 0.229. The maximum Gasteiger partial charge on any atom is 0.124 e. The Morgan fingerprint density at radius 2 is 2.12 bits per heavy atom. The fraction of sp³-hybridized carbons (Fsp3) is 0. The van der Waals surface area contributed by atoms with Crippen LogP contribution in [-0.4, -0.2) is 4.98 Å². The first-order chi connectivity index (χ1) is 8.19. The number of pyridine rings is 1. The Bertz CT molecular complexity index is 589. The lowest BCUT2D eigenvalue weighted by atomic mass is 10.2. The predicted molar refractivity (Wildman–Crippen MR) is 63.0 cm³/mol. The Morgan fingerprint density at radius 1 is 1.29 bits per heavy atom. The van der Waals surface area contributed by atoms with Crippen LogP contribution in [0.15, 0.2) is 36.7 Å². The van der Waals surface area contributed by atoms with Crippen molar-refractivity contribution in [2.24, 2.45) is 0 Å². The van der Waals surface area contributed by atoms with Crippen molar-refractivity contribution >= 4 is 17.1 Å². The number of anilines is 3. The molecule has 1 aromatic carbocycles. The van der Waals surface area contributed by atoms with Gasteiger partial charge in [-0.05, 0) is 24.3 Å². The molecule has 0 fully saturated rings. The van der Waals surface area contributed by atoms with E-state index in [1.807, 2.05) is 6.07 Å². The van der Waals surface area contributed by atoms with E-state index in [0.717, 1.165) is 0 Å². The monoisotopic (exact) mass is 228 g/mol. The van der Waals surface area contributed by atoms with Gasteiger partial charge < -0.3 is 11.1 Å². The van der Waals surface area contributed by atoms with Crippen LogP contribution in [0.2, 0.25) is 0 Å². The molecule has 0 unspecified atom stereocenters. The molecule has 0 amide bonds. The van der Waals surface area contributed by atoms with Crippen LogP contribution in [0.25, 0.3) is 0 Å². The van der Waals surface area contributed by atoms with Gasteiger partial charge in [0.05, 0.1) is 28.8 Å². The van der Waals surface area contributed by atoms with E-state index in [2.05, 4.69) is 10.3 Å². The van der Waals surface area contributed by atoms with Crippen LogP contribution < -0.4 is 11.1 Å². The fourth-order valence-corrected chi connectivity index (χ4v) is 1.40. The summed E-state index contributed by atoms with van der Waals surface area (Å²) in [4.78, 5) is 3.91. The normalized spacial score (nSPS) is 9.65. The molecule has 0 radical (unpaired) electrons. The quantitative estimate of drug-likeness (QED) is 0.827. The molecule has 84 valence electrons. The average Bonchev–Trinajstić information content (AvgIpc) is 2.31. The molecule has 0 bridgehead atoms. The molecule has 17 heavy (non-hydrogen) atoms. The van der Waals surface area contributed by atoms with Gasteiger partial charge in [0.25, 0.3) is 0 Å². The summed E-state index contributed by atoms with van der Waals surface area (Å²) >= 11 is 0. The third-order valence-electron chi connectivity index (χ3n) is 2.14. The van der Waals surface area contributed by atoms with E-state index in [1.54, 1.807) is 12.3 Å². The van der Waals surface area contributed by atoms with Crippen LogP contribution in [0.4, 0.5) is 21.5 Å². The molecular weight excluding hydrogens is 219 g/mol. The molecule has 1 heterocycles. The van der Waals surface area contributed by atoms with Crippen molar-refractivity contribution in [3.8, 4) is 6.07 Å². The summed E-state index contributed by atoms with van der Waals surface area (Å²) in [7, 11) is 0. The maximum atomic E-state index is 12.9. The number of halogens is 1. The summed E-state index contributed by atoms with van der Waals surface area (Å²) in [5.74, 6) is -0.446. The van der Waals surface area contributed by atoms with Crippen LogP contribution in [0.3, 0.4) is 0 Å². The molecule has 0 saturated carbocycles. The maximum absolute atomic E-state index is 12.9. The number of nitriles is 1. The Balaban J connectivity index is 2.34. The highest BCUT2D eigenvalue weighted by atomic mass is 19.1. The smallest absolute Gasteiger partial charge is 0.124 e. The summed E-state index contributed by atoms with van der Waals surface area (Å²) < 4.78 is 12.9. The average molecular weight is 228 g/mol. The largest absolute Gasteiger partial charge is 0.397 e. The summed E-state index contributed by atoms with van der Waals surface area (Å²) in [5.41, 5.74) is 7.48. The molecule has 0 aliphatic heterocycles. The van der Waals surface area contributed by atoms with Gasteiger partial charge in [0.2, 0.25) is 0 Å². The lowest BCUT2D eigenvalue weighted by Gasteiger charge is -2.08. The van der Waals surface area contributed by atoms with Gasteiger partial charge >= 0.3 is 0 Å². The van der Waals surface area contributed by atoms with Crippen molar-refractivity contribution in [1.82, 2.24) is 4.98 Å². The summed E-state index contributed by atoms with van der Waals surface area (Å²) in [6.45, 7) is 0. The highest BCUT2D eigenvalue weighted by Crippen LogP contribution is 2.21. The van der Waals surface area contributed by atoms with E-state index in [4.69, 9.17) is 11.0 Å². The number of nitrogens with two attached hydrogens (primary N) is 1. The molecule has 0 saturated heterocycles. The second kappa shape index (κ2) is 4.49. The lowest BCUT2D eigenvalue weighted by Crippen LogP contribution is -1.96. The fourth-order valence-electron chi connectivity index (χ4n) is 1.40. The molecular formula is C12H9FN4. The standard InChI is InChI=1S/C12H9FN4/c13-9-1-2-12(8(3-9)5-14)17-11-4-10(15)6-16-7-11/h1-4,6-7,17H,15H2. The van der Waals surface area contributed by atoms with Crippen molar-refractivity contribution in [1.29, 1.82) is 5.26 Å². The SMILES string of the molecule is N#Cc1cc(F)ccc1Nc1cncc(N)c1. The topological polar surface area (TPSA) is 74.7 Å². The zero-order valence-electron chi connectivity index (χ0n) is 8.81. The van der Waals surface area contributed by atoms with Gasteiger partial charge in [-0.15, -0.1) is 0 Å². The Labute approximate surface area is 97.5 Å². The molecule has 4 nitrogen and oxygen atoms in total. The first kappa shape index (κ1) is 10.9. The zero-order valence-corrected chi connectivity index (χ0v) is 8.81. The molecule has 5 heteroatoms. The van der Waals surface area contributed by atoms with Crippen LogP contribution in [0.5, 0.6) is 0 Å². The number of nitrogens with zero attached hydrogens (tertiary/aromatic N) is 2. The van der Waals surface area contributed by atoms with Crippen LogP contribution in [0, 0.1) is 17.1 Å². The van der Waals surface area contributed by atoms with Gasteiger partial charge in [-0.3, -0.25) is 4.98 Å². The second-order valence-electron chi connectivity index (χ2n) is 3.43. The Morgan fingerprint density at radius 3 is 2.82 bits per heavy atom. The number of aromatic nitrogens is 1. The van der Waals surface area contributed by atoms with Gasteiger partial charge in [-0.25, -0.2) is 4.39 Å². The molecule has 3 N–H and O–H groups in total. The number of benzene rings is 1. The van der Waals surface area contributed by atoms with Gasteiger partial charge in [0.15, 0.2) is 0 Å². The number of rotatable bonds is 2. The second-order valence-corrected chi connectivity index (χ2v) is 3.43. The van der Waals surface area contributed by atoms with E-state index < -0.39 is 5.82 Å². The van der Waals surface area contributed by atoms with Crippen LogP contribution >= 0.6 is 0 Å². The third kappa shape index (κ3) is 2.49. The van der Waals surface area contributed by atoms with Crippen molar-refractivity contribution in [3.05, 3.63) is 48.0 Å². The summed E-state index contributed by atoms with van der Waals surface area (Å²) in [6.07, 6.45) is 3.09. The lowest BCUT2D eigenvalue weighted by molar-refractivity contribution is 0.627. The van der Waals surface area contributed by atoms with E-state index in [9.17, 15) is 4.39 Å². The van der Waals surface area contributed by atoms with E-state index in [-0.39, 0.29) is 5.56 Å². The number of nitrogens with one attached hydrogen (secondary N) is 1. The molecule has 0 aliphatic rings. The van der Waals surface area contributed by atoms with Gasteiger partial charge in [0, 0.05) is 6.20 Å². The molecule has 2 rings (SSSR count). The first-order valence-electron chi connectivity index (χ1n) is 4.86. The predicted octanol–water partition coefficient (Wildman–Crippen LogP) is 2.42. The zero-order chi connectivity index (χ0) is 12.3. The molecule has 0 aliphatic carbocycles. The number of hydrogen-bond donors (Lipinski definition) is 2. The molecule has 1 aromatic heterocycles. The van der Waals surface area contributed by atoms with E-state index in [0.29, 0.717) is 17.1 Å². The summed E-state index contributed by atoms with van der Waals surface area (Å²) in [6, 6.07) is 7.54. The van der Waals surface area contributed by atoms with Crippen molar-refractivity contribution in [2.45, 2.75) is 0 Å². The highest BCUT2D eigenvalue weighted by molar-refractivity contribution is 5.67. The Hall–Kier alpha value is -2.61. The first-order valence-corrected chi connectivity index (χ1v) is 4.86. The van der Waals surface area contributed by atoms with Crippen molar-refractivity contribution < 1.29 is 4.39 Å². The highest BCUT2D eigenvalue weighted by Gasteiger charge is 2.04. The minimum atomic E-state index is -0.446. The number of nitrogen functional groups attached to an aromatic ring is 1.